The quantitative estimate of drug-likeness (QED) is 0.770. The van der Waals surface area contributed by atoms with E-state index < -0.39 is 0 Å². The second-order valence-corrected chi connectivity index (χ2v) is 6.81. The molecule has 4 heteroatoms. The normalized spacial score (nSPS) is 22.4. The Hall–Kier alpha value is -0.540. The van der Waals surface area contributed by atoms with E-state index in [1.165, 1.54) is 0 Å². The fourth-order valence-electron chi connectivity index (χ4n) is 2.27. The molecule has 1 amide bonds. The number of aryl methyl sites for hydroxylation is 1. The first-order valence-electron chi connectivity index (χ1n) is 6.13. The van der Waals surface area contributed by atoms with Crippen LogP contribution in [0, 0.1) is 12.8 Å². The van der Waals surface area contributed by atoms with Gasteiger partial charge < -0.3 is 4.90 Å². The van der Waals surface area contributed by atoms with Crippen molar-refractivity contribution in [3.8, 4) is 0 Å². The lowest BCUT2D eigenvalue weighted by atomic mass is 9.85. The van der Waals surface area contributed by atoms with Crippen LogP contribution in [-0.2, 0) is 0 Å². The fraction of sp³-hybridized carbons (Fsp3) is 0.500. The minimum absolute atomic E-state index is 0.0121. The van der Waals surface area contributed by atoms with Gasteiger partial charge in [0, 0.05) is 18.4 Å². The van der Waals surface area contributed by atoms with Crippen molar-refractivity contribution in [2.45, 2.75) is 24.6 Å². The lowest BCUT2D eigenvalue weighted by Crippen LogP contribution is -2.37. The third kappa shape index (κ3) is 3.07. The van der Waals surface area contributed by atoms with E-state index in [1.54, 1.807) is 4.90 Å². The number of alkyl halides is 1. The van der Waals surface area contributed by atoms with Gasteiger partial charge in [0.1, 0.15) is 0 Å². The molecular formula is C14H17BrClNO. The Balaban J connectivity index is 2.01. The maximum Gasteiger partial charge on any atom is 0.255 e. The van der Waals surface area contributed by atoms with Crippen LogP contribution in [0.3, 0.4) is 0 Å². The van der Waals surface area contributed by atoms with Gasteiger partial charge in [0.05, 0.1) is 10.6 Å². The molecule has 0 aliphatic heterocycles. The second-order valence-electron chi connectivity index (χ2n) is 5.10. The lowest BCUT2D eigenvalue weighted by Gasteiger charge is -2.34. The molecule has 0 saturated heterocycles. The van der Waals surface area contributed by atoms with Crippen molar-refractivity contribution in [1.29, 1.82) is 0 Å². The molecule has 18 heavy (non-hydrogen) atoms. The predicted octanol–water partition coefficient (Wildman–Crippen LogP) is 3.89. The molecule has 2 rings (SSSR count). The lowest BCUT2D eigenvalue weighted by molar-refractivity contribution is 0.0749. The maximum atomic E-state index is 12.3. The Morgan fingerprint density at radius 1 is 1.50 bits per heavy atom. The Kier molecular flexibility index (Phi) is 4.33. The second kappa shape index (κ2) is 5.62. The SMILES string of the molecule is Cc1ccc(C(=O)N(C)CC2CC(Br)C2)c(Cl)c1. The van der Waals surface area contributed by atoms with E-state index in [0.717, 1.165) is 24.9 Å². The molecular weight excluding hydrogens is 314 g/mol. The molecule has 2 nitrogen and oxygen atoms in total. The van der Waals surface area contributed by atoms with Crippen molar-refractivity contribution >= 4 is 33.4 Å². The van der Waals surface area contributed by atoms with Gasteiger partial charge in [0.25, 0.3) is 5.91 Å². The molecule has 1 aliphatic rings. The summed E-state index contributed by atoms with van der Waals surface area (Å²) in [5.41, 5.74) is 1.67. The summed E-state index contributed by atoms with van der Waals surface area (Å²) in [6, 6.07) is 5.57. The summed E-state index contributed by atoms with van der Waals surface area (Å²) in [6.45, 7) is 2.78. The minimum Gasteiger partial charge on any atom is -0.341 e. The summed E-state index contributed by atoms with van der Waals surface area (Å²) >= 11 is 9.69. The summed E-state index contributed by atoms with van der Waals surface area (Å²) in [7, 11) is 1.85. The van der Waals surface area contributed by atoms with E-state index in [1.807, 2.05) is 32.2 Å². The number of hydrogen-bond acceptors (Lipinski definition) is 1. The number of rotatable bonds is 3. The highest BCUT2D eigenvalue weighted by atomic mass is 79.9. The van der Waals surface area contributed by atoms with Crippen molar-refractivity contribution in [2.24, 2.45) is 5.92 Å². The van der Waals surface area contributed by atoms with Crippen molar-refractivity contribution in [2.75, 3.05) is 13.6 Å². The third-order valence-electron chi connectivity index (χ3n) is 3.41. The number of halogens is 2. The Labute approximate surface area is 121 Å². The predicted molar refractivity (Wildman–Crippen MR) is 78.6 cm³/mol. The highest BCUT2D eigenvalue weighted by Crippen LogP contribution is 2.34. The van der Waals surface area contributed by atoms with Crippen LogP contribution in [-0.4, -0.2) is 29.2 Å². The molecule has 0 aromatic heterocycles. The zero-order valence-electron chi connectivity index (χ0n) is 10.6. The number of amides is 1. The standard InChI is InChI=1S/C14H17BrClNO/c1-9-3-4-12(13(16)5-9)14(18)17(2)8-10-6-11(15)7-10/h3-5,10-11H,6-8H2,1-2H3. The van der Waals surface area contributed by atoms with Crippen LogP contribution in [0.25, 0.3) is 0 Å². The molecule has 0 radical (unpaired) electrons. The van der Waals surface area contributed by atoms with E-state index in [2.05, 4.69) is 15.9 Å². The van der Waals surface area contributed by atoms with Gasteiger partial charge >= 0.3 is 0 Å². The van der Waals surface area contributed by atoms with Gasteiger partial charge in [-0.15, -0.1) is 0 Å². The molecule has 0 spiro atoms. The monoisotopic (exact) mass is 329 g/mol. The van der Waals surface area contributed by atoms with E-state index in [4.69, 9.17) is 11.6 Å². The van der Waals surface area contributed by atoms with Crippen molar-refractivity contribution in [3.05, 3.63) is 34.3 Å². The average molecular weight is 331 g/mol. The first-order valence-corrected chi connectivity index (χ1v) is 7.42. The molecule has 0 unspecified atom stereocenters. The van der Waals surface area contributed by atoms with E-state index in [9.17, 15) is 4.79 Å². The van der Waals surface area contributed by atoms with Gasteiger partial charge in [-0.2, -0.15) is 0 Å². The number of benzene rings is 1. The first kappa shape index (κ1) is 13.9. The van der Waals surface area contributed by atoms with Crippen LogP contribution in [0.1, 0.15) is 28.8 Å². The molecule has 0 bridgehead atoms. The van der Waals surface area contributed by atoms with E-state index in [-0.39, 0.29) is 5.91 Å². The van der Waals surface area contributed by atoms with Gasteiger partial charge in [-0.05, 0) is 43.4 Å². The third-order valence-corrected chi connectivity index (χ3v) is 4.47. The Bertz CT molecular complexity index is 457. The van der Waals surface area contributed by atoms with Gasteiger partial charge in [0.2, 0.25) is 0 Å². The topological polar surface area (TPSA) is 20.3 Å². The molecule has 98 valence electrons. The molecule has 1 fully saturated rings. The number of hydrogen-bond donors (Lipinski definition) is 0. The highest BCUT2D eigenvalue weighted by Gasteiger charge is 2.29. The summed E-state index contributed by atoms with van der Waals surface area (Å²) in [4.78, 5) is 14.7. The van der Waals surface area contributed by atoms with Crippen LogP contribution in [0.4, 0.5) is 0 Å². The van der Waals surface area contributed by atoms with E-state index in [0.29, 0.717) is 21.3 Å². The first-order chi connectivity index (χ1) is 8.47. The zero-order chi connectivity index (χ0) is 13.3. The van der Waals surface area contributed by atoms with Crippen LogP contribution >= 0.6 is 27.5 Å². The minimum atomic E-state index is 0.0121. The van der Waals surface area contributed by atoms with Gasteiger partial charge in [-0.25, -0.2) is 0 Å². The summed E-state index contributed by atoms with van der Waals surface area (Å²) in [5, 5.41) is 0.541. The molecule has 1 aliphatic carbocycles. The molecule has 1 aromatic carbocycles. The zero-order valence-corrected chi connectivity index (χ0v) is 13.0. The average Bonchev–Trinajstić information content (AvgIpc) is 2.26. The highest BCUT2D eigenvalue weighted by molar-refractivity contribution is 9.09. The fourth-order valence-corrected chi connectivity index (χ4v) is 3.65. The Morgan fingerprint density at radius 2 is 2.17 bits per heavy atom. The van der Waals surface area contributed by atoms with Crippen molar-refractivity contribution < 1.29 is 4.79 Å². The molecule has 0 N–H and O–H groups in total. The van der Waals surface area contributed by atoms with Gasteiger partial charge in [-0.1, -0.05) is 33.6 Å². The van der Waals surface area contributed by atoms with Crippen LogP contribution < -0.4 is 0 Å². The summed E-state index contributed by atoms with van der Waals surface area (Å²) < 4.78 is 0. The maximum absolute atomic E-state index is 12.3. The molecule has 0 atom stereocenters. The van der Waals surface area contributed by atoms with Crippen LogP contribution in [0.15, 0.2) is 18.2 Å². The number of nitrogens with zero attached hydrogens (tertiary/aromatic N) is 1. The summed E-state index contributed by atoms with van der Waals surface area (Å²) in [5.74, 6) is 0.630. The van der Waals surface area contributed by atoms with Gasteiger partial charge in [-0.3, -0.25) is 4.79 Å². The smallest absolute Gasteiger partial charge is 0.255 e. The number of carbonyl (C=O) groups is 1. The summed E-state index contributed by atoms with van der Waals surface area (Å²) in [6.07, 6.45) is 2.30. The van der Waals surface area contributed by atoms with Crippen molar-refractivity contribution in [3.63, 3.8) is 0 Å². The largest absolute Gasteiger partial charge is 0.341 e. The van der Waals surface area contributed by atoms with Crippen LogP contribution in [0.5, 0.6) is 0 Å². The Morgan fingerprint density at radius 3 is 2.72 bits per heavy atom. The molecule has 1 saturated carbocycles. The van der Waals surface area contributed by atoms with Crippen molar-refractivity contribution in [1.82, 2.24) is 4.90 Å². The molecule has 0 heterocycles. The van der Waals surface area contributed by atoms with Gasteiger partial charge in [0.15, 0.2) is 0 Å². The number of carbonyl (C=O) groups excluding carboxylic acids is 1. The molecule has 1 aromatic rings. The van der Waals surface area contributed by atoms with Crippen LogP contribution in [0.2, 0.25) is 5.02 Å². The van der Waals surface area contributed by atoms with E-state index >= 15 is 0 Å².